The van der Waals surface area contributed by atoms with Crippen LogP contribution < -0.4 is 16.0 Å². The molecule has 7 heteroatoms. The maximum Gasteiger partial charge on any atom is 0.251 e. The summed E-state index contributed by atoms with van der Waals surface area (Å²) in [6.45, 7) is 1.63. The molecule has 1 spiro atoms. The van der Waals surface area contributed by atoms with Crippen LogP contribution in [0.5, 0.6) is 0 Å². The monoisotopic (exact) mass is 437 g/mol. The van der Waals surface area contributed by atoms with Crippen LogP contribution in [-0.4, -0.2) is 35.3 Å². The predicted molar refractivity (Wildman–Crippen MR) is 118 cm³/mol. The van der Waals surface area contributed by atoms with Crippen LogP contribution >= 0.6 is 0 Å². The number of carbonyl (C=O) groups is 3. The highest BCUT2D eigenvalue weighted by atomic mass is 19.1. The Morgan fingerprint density at radius 3 is 2.47 bits per heavy atom. The highest BCUT2D eigenvalue weighted by Gasteiger charge is 2.48. The molecule has 0 unspecified atom stereocenters. The summed E-state index contributed by atoms with van der Waals surface area (Å²) in [4.78, 5) is 37.2. The van der Waals surface area contributed by atoms with Gasteiger partial charge in [-0.05, 0) is 62.4 Å². The van der Waals surface area contributed by atoms with Crippen LogP contribution in [0.4, 0.5) is 4.39 Å². The molecule has 0 bridgehead atoms. The van der Waals surface area contributed by atoms with E-state index in [1.807, 2.05) is 18.2 Å². The Labute approximate surface area is 187 Å². The molecule has 2 aromatic rings. The molecule has 1 saturated carbocycles. The van der Waals surface area contributed by atoms with Gasteiger partial charge in [0.25, 0.3) is 5.91 Å². The van der Waals surface area contributed by atoms with Crippen LogP contribution in [0.25, 0.3) is 0 Å². The first-order valence-corrected chi connectivity index (χ1v) is 11.1. The molecule has 2 aliphatic rings. The molecule has 3 amide bonds. The van der Waals surface area contributed by atoms with E-state index in [-0.39, 0.29) is 29.3 Å². The highest BCUT2D eigenvalue weighted by molar-refractivity contribution is 5.97. The van der Waals surface area contributed by atoms with Crippen molar-refractivity contribution >= 4 is 17.7 Å². The Morgan fingerprint density at radius 2 is 1.81 bits per heavy atom. The van der Waals surface area contributed by atoms with Gasteiger partial charge in [0.15, 0.2) is 0 Å². The molecule has 0 aromatic heterocycles. The molecule has 2 aromatic carbocycles. The van der Waals surface area contributed by atoms with Crippen LogP contribution in [0.2, 0.25) is 0 Å². The number of rotatable bonds is 5. The Balaban J connectivity index is 1.40. The summed E-state index contributed by atoms with van der Waals surface area (Å²) in [5.74, 6) is -0.910. The molecule has 168 valence electrons. The molecule has 3 N–H and O–H groups in total. The third-order valence-electron chi connectivity index (χ3n) is 6.71. The number of carbonyl (C=O) groups excluding carboxylic acids is 3. The van der Waals surface area contributed by atoms with Crippen LogP contribution in [0, 0.1) is 5.82 Å². The van der Waals surface area contributed by atoms with Gasteiger partial charge in [0.1, 0.15) is 11.9 Å². The lowest BCUT2D eigenvalue weighted by Crippen LogP contribution is -2.55. The summed E-state index contributed by atoms with van der Waals surface area (Å²) in [7, 11) is 0. The van der Waals surface area contributed by atoms with Gasteiger partial charge in [-0.15, -0.1) is 0 Å². The van der Waals surface area contributed by atoms with Crippen molar-refractivity contribution in [1.82, 2.24) is 16.0 Å². The Morgan fingerprint density at radius 1 is 1.09 bits per heavy atom. The average molecular weight is 438 g/mol. The van der Waals surface area contributed by atoms with E-state index in [0.717, 1.165) is 24.8 Å². The van der Waals surface area contributed by atoms with Crippen molar-refractivity contribution < 1.29 is 18.8 Å². The third-order valence-corrected chi connectivity index (χ3v) is 6.71. The highest BCUT2D eigenvalue weighted by Crippen LogP contribution is 2.45. The van der Waals surface area contributed by atoms with Gasteiger partial charge in [0.05, 0.1) is 0 Å². The van der Waals surface area contributed by atoms with Crippen molar-refractivity contribution in [2.75, 3.05) is 0 Å². The predicted octanol–water partition coefficient (Wildman–Crippen LogP) is 3.05. The van der Waals surface area contributed by atoms with Gasteiger partial charge >= 0.3 is 0 Å². The zero-order chi connectivity index (χ0) is 22.7. The maximum absolute atomic E-state index is 13.1. The molecule has 1 heterocycles. The summed E-state index contributed by atoms with van der Waals surface area (Å²) in [6.07, 6.45) is 3.60. The largest absolute Gasteiger partial charge is 0.352 e. The van der Waals surface area contributed by atoms with E-state index in [1.165, 1.54) is 24.3 Å². The first-order chi connectivity index (χ1) is 15.4. The first kappa shape index (κ1) is 22.0. The van der Waals surface area contributed by atoms with Crippen LogP contribution in [0.3, 0.4) is 0 Å². The van der Waals surface area contributed by atoms with Crippen molar-refractivity contribution in [2.45, 2.75) is 62.6 Å². The number of halogens is 1. The average Bonchev–Trinajstić information content (AvgIpc) is 3.17. The number of hydrogen-bond donors (Lipinski definition) is 3. The summed E-state index contributed by atoms with van der Waals surface area (Å²) < 4.78 is 13.1. The number of amides is 3. The Kier molecular flexibility index (Phi) is 6.26. The Hall–Kier alpha value is -3.22. The summed E-state index contributed by atoms with van der Waals surface area (Å²) in [5, 5.41) is 8.97. The van der Waals surface area contributed by atoms with Gasteiger partial charge in [0, 0.05) is 29.5 Å². The van der Waals surface area contributed by atoms with Gasteiger partial charge in [-0.2, -0.15) is 0 Å². The van der Waals surface area contributed by atoms with E-state index in [2.05, 4.69) is 28.1 Å². The normalized spacial score (nSPS) is 25.8. The minimum atomic E-state index is -0.732. The number of nitrogens with one attached hydrogen (secondary N) is 3. The maximum atomic E-state index is 13.1. The summed E-state index contributed by atoms with van der Waals surface area (Å²) in [5.41, 5.74) is 1.19. The van der Waals surface area contributed by atoms with Gasteiger partial charge in [-0.1, -0.05) is 30.3 Å². The quantitative estimate of drug-likeness (QED) is 0.672. The lowest BCUT2D eigenvalue weighted by molar-refractivity contribution is -0.124. The fraction of sp³-hybridized carbons (Fsp3) is 0.400. The van der Waals surface area contributed by atoms with Crippen molar-refractivity contribution in [3.8, 4) is 0 Å². The van der Waals surface area contributed by atoms with E-state index in [4.69, 9.17) is 0 Å². The molecule has 32 heavy (non-hydrogen) atoms. The molecule has 1 saturated heterocycles. The van der Waals surface area contributed by atoms with Gasteiger partial charge in [-0.25, -0.2) is 4.39 Å². The lowest BCUT2D eigenvalue weighted by atomic mass is 9.67. The van der Waals surface area contributed by atoms with Crippen molar-refractivity contribution in [3.63, 3.8) is 0 Å². The first-order valence-electron chi connectivity index (χ1n) is 11.1. The summed E-state index contributed by atoms with van der Waals surface area (Å²) >= 11 is 0. The van der Waals surface area contributed by atoms with Gasteiger partial charge in [0.2, 0.25) is 11.8 Å². The zero-order valence-electron chi connectivity index (χ0n) is 18.1. The molecule has 6 nitrogen and oxygen atoms in total. The van der Waals surface area contributed by atoms with E-state index in [9.17, 15) is 18.8 Å². The van der Waals surface area contributed by atoms with Crippen LogP contribution in [0.1, 0.15) is 60.9 Å². The topological polar surface area (TPSA) is 87.3 Å². The van der Waals surface area contributed by atoms with Crippen LogP contribution in [0.15, 0.2) is 54.6 Å². The number of hydrogen-bond acceptors (Lipinski definition) is 3. The van der Waals surface area contributed by atoms with Crippen LogP contribution in [-0.2, 0) is 9.59 Å². The minimum absolute atomic E-state index is 0.0546. The van der Waals surface area contributed by atoms with Gasteiger partial charge in [-0.3, -0.25) is 14.4 Å². The van der Waals surface area contributed by atoms with Crippen molar-refractivity contribution in [2.24, 2.45) is 0 Å². The standard InChI is InChI=1S/C25H28FN3O3/c1-16(27-24(32)18-7-9-19(26)10-8-18)23(31)28-20-11-13-25(14-12-22(30)29-25)21(15-20)17-5-3-2-4-6-17/h2-10,16,20-21H,11-15H2,1H3,(H,27,32)(H,28,31)(H,29,30)/t16-,20+,21-,25+/m1/s1. The van der Waals surface area contributed by atoms with Crippen molar-refractivity contribution in [1.29, 1.82) is 0 Å². The second kappa shape index (κ2) is 9.10. The van der Waals surface area contributed by atoms with E-state index in [0.29, 0.717) is 18.4 Å². The van der Waals surface area contributed by atoms with E-state index in [1.54, 1.807) is 6.92 Å². The summed E-state index contributed by atoms with van der Waals surface area (Å²) in [6, 6.07) is 14.5. The second-order valence-corrected chi connectivity index (χ2v) is 8.85. The van der Waals surface area contributed by atoms with E-state index < -0.39 is 17.8 Å². The molecule has 1 aliphatic heterocycles. The third kappa shape index (κ3) is 4.66. The fourth-order valence-corrected chi connectivity index (χ4v) is 4.97. The lowest BCUT2D eigenvalue weighted by Gasteiger charge is -2.45. The second-order valence-electron chi connectivity index (χ2n) is 8.85. The van der Waals surface area contributed by atoms with E-state index >= 15 is 0 Å². The molecule has 4 atom stereocenters. The molecule has 1 aliphatic carbocycles. The molecular weight excluding hydrogens is 409 g/mol. The minimum Gasteiger partial charge on any atom is -0.352 e. The molecule has 2 fully saturated rings. The zero-order valence-corrected chi connectivity index (χ0v) is 18.1. The fourth-order valence-electron chi connectivity index (χ4n) is 4.97. The molecular formula is C25H28FN3O3. The van der Waals surface area contributed by atoms with Gasteiger partial charge < -0.3 is 16.0 Å². The SMILES string of the molecule is C[C@@H](NC(=O)c1ccc(F)cc1)C(=O)N[C@H]1CC[C@]2(CCC(=O)N2)[C@@H](c2ccccc2)C1. The smallest absolute Gasteiger partial charge is 0.251 e. The molecule has 4 rings (SSSR count). The Bertz CT molecular complexity index is 995. The number of benzene rings is 2. The molecule has 0 radical (unpaired) electrons. The van der Waals surface area contributed by atoms with Crippen molar-refractivity contribution in [3.05, 3.63) is 71.5 Å².